The Morgan fingerprint density at radius 3 is 2.16 bits per heavy atom. The topological polar surface area (TPSA) is 123 Å². The highest BCUT2D eigenvalue weighted by Gasteiger charge is 2.38. The summed E-state index contributed by atoms with van der Waals surface area (Å²) in [5.41, 5.74) is 3.59. The molecule has 1 atom stereocenters. The van der Waals surface area contributed by atoms with E-state index >= 15 is 0 Å². The third-order valence-corrected chi connectivity index (χ3v) is 6.93. The van der Waals surface area contributed by atoms with Crippen LogP contribution in [0.5, 0.6) is 5.75 Å². The molecule has 9 nitrogen and oxygen atoms in total. The number of nitrogens with zero attached hydrogens (tertiary/aromatic N) is 2. The smallest absolute Gasteiger partial charge is 0.408 e. The Hall–Kier alpha value is -4.49. The molecule has 1 amide bonds. The van der Waals surface area contributed by atoms with Gasteiger partial charge in [-0.25, -0.2) is 13.8 Å². The second kappa shape index (κ2) is 14.8. The van der Waals surface area contributed by atoms with Crippen molar-refractivity contribution < 1.29 is 41.4 Å². The van der Waals surface area contributed by atoms with E-state index in [1.165, 1.54) is 12.5 Å². The zero-order valence-corrected chi connectivity index (χ0v) is 25.4. The van der Waals surface area contributed by atoms with Crippen LogP contribution < -0.4 is 20.9 Å². The Balaban J connectivity index is 0.000000308. The molecule has 0 saturated carbocycles. The molecular weight excluding hydrogens is 591 g/mol. The Morgan fingerprint density at radius 1 is 1.09 bits per heavy atom. The van der Waals surface area contributed by atoms with Crippen molar-refractivity contribution in [2.75, 3.05) is 19.0 Å². The Kier molecular flexibility index (Phi) is 12.0. The molecule has 44 heavy (non-hydrogen) atoms. The molecule has 3 aromatic rings. The summed E-state index contributed by atoms with van der Waals surface area (Å²) in [5.74, 6) is -4.81. The van der Waals surface area contributed by atoms with Crippen LogP contribution in [0.25, 0.3) is 11.3 Å². The van der Waals surface area contributed by atoms with Gasteiger partial charge >= 0.3 is 12.1 Å². The largest absolute Gasteiger partial charge is 0.496 e. The zero-order valence-electron chi connectivity index (χ0n) is 25.4. The first-order valence-corrected chi connectivity index (χ1v) is 13.5. The van der Waals surface area contributed by atoms with Gasteiger partial charge in [0.25, 0.3) is 11.5 Å². The highest BCUT2D eigenvalue weighted by Crippen LogP contribution is 2.33. The number of amides is 1. The number of carboxylic acids is 1. The van der Waals surface area contributed by atoms with Crippen molar-refractivity contribution in [3.63, 3.8) is 0 Å². The van der Waals surface area contributed by atoms with E-state index in [-0.39, 0.29) is 12.0 Å². The lowest BCUT2D eigenvalue weighted by atomic mass is 9.99. The van der Waals surface area contributed by atoms with Gasteiger partial charge in [0.2, 0.25) is 0 Å². The maximum atomic E-state index is 13.8. The van der Waals surface area contributed by atoms with Crippen LogP contribution in [0.4, 0.5) is 27.6 Å². The number of hydrogen-bond acceptors (Lipinski definition) is 6. The maximum Gasteiger partial charge on any atom is 0.408 e. The number of alkyl halides is 3. The van der Waals surface area contributed by atoms with Crippen LogP contribution >= 0.6 is 0 Å². The summed E-state index contributed by atoms with van der Waals surface area (Å²) < 4.78 is 72.6. The molecule has 14 heteroatoms. The molecular formula is C30H35F5N4O5. The fraction of sp³-hybridized carbons (Fsp3) is 0.400. The van der Waals surface area contributed by atoms with Crippen molar-refractivity contribution in [2.45, 2.75) is 59.7 Å². The number of rotatable bonds is 9. The number of benzene rings is 2. The first kappa shape index (κ1) is 35.7. The molecule has 0 bridgehead atoms. The maximum absolute atomic E-state index is 13.8. The molecule has 1 unspecified atom stereocenters. The molecule has 0 aliphatic heterocycles. The fourth-order valence-corrected chi connectivity index (χ4v) is 4.35. The highest BCUT2D eigenvalue weighted by atomic mass is 19.4. The van der Waals surface area contributed by atoms with Crippen LogP contribution in [-0.2, 0) is 18.3 Å². The van der Waals surface area contributed by atoms with Gasteiger partial charge < -0.3 is 25.0 Å². The van der Waals surface area contributed by atoms with Crippen molar-refractivity contribution in [3.05, 3.63) is 74.3 Å². The number of hydrogen-bond donors (Lipinski definition) is 3. The van der Waals surface area contributed by atoms with E-state index in [2.05, 4.69) is 18.8 Å². The lowest BCUT2D eigenvalue weighted by molar-refractivity contribution is -0.143. The minimum absolute atomic E-state index is 0.0951. The summed E-state index contributed by atoms with van der Waals surface area (Å²) in [7, 11) is 3.42. The molecule has 1 aromatic heterocycles. The number of aryl methyl sites for hydroxylation is 2. The minimum Gasteiger partial charge on any atom is -0.496 e. The van der Waals surface area contributed by atoms with E-state index < -0.39 is 53.5 Å². The first-order valence-electron chi connectivity index (χ1n) is 13.5. The monoisotopic (exact) mass is 626 g/mol. The number of ether oxygens (including phenoxy) is 1. The molecule has 0 radical (unpaired) electrons. The lowest BCUT2D eigenvalue weighted by Crippen LogP contribution is -2.35. The minimum atomic E-state index is -4.61. The number of aromatic nitrogens is 2. The van der Waals surface area contributed by atoms with Crippen LogP contribution in [0, 0.1) is 32.4 Å². The van der Waals surface area contributed by atoms with Crippen molar-refractivity contribution in [1.82, 2.24) is 14.9 Å². The van der Waals surface area contributed by atoms with Crippen LogP contribution in [0.15, 0.2) is 29.1 Å². The Labute approximate surface area is 251 Å². The van der Waals surface area contributed by atoms with Crippen molar-refractivity contribution in [3.8, 4) is 17.0 Å². The fourth-order valence-electron chi connectivity index (χ4n) is 4.35. The summed E-state index contributed by atoms with van der Waals surface area (Å²) in [4.78, 5) is 38.8. The number of methoxy groups -OCH3 is 1. The number of carboxylic acid groups (broad SMARTS) is 1. The van der Waals surface area contributed by atoms with Gasteiger partial charge in [-0.15, -0.1) is 0 Å². The lowest BCUT2D eigenvalue weighted by Gasteiger charge is -2.21. The molecule has 2 aromatic carbocycles. The van der Waals surface area contributed by atoms with Gasteiger partial charge in [-0.1, -0.05) is 19.9 Å². The van der Waals surface area contributed by atoms with Gasteiger partial charge in [0, 0.05) is 24.0 Å². The second-order valence-corrected chi connectivity index (χ2v) is 9.83. The summed E-state index contributed by atoms with van der Waals surface area (Å²) >= 11 is 0. The van der Waals surface area contributed by atoms with Crippen LogP contribution in [0.1, 0.15) is 53.1 Å². The highest BCUT2D eigenvalue weighted by molar-refractivity contribution is 5.96. The predicted octanol–water partition coefficient (Wildman–Crippen LogP) is 5.48. The third-order valence-electron chi connectivity index (χ3n) is 6.93. The number of aliphatic carboxylic acids is 1. The summed E-state index contributed by atoms with van der Waals surface area (Å²) in [6.07, 6.45) is -4.12. The van der Waals surface area contributed by atoms with E-state index in [1.807, 2.05) is 31.3 Å². The molecule has 3 rings (SSSR count). The van der Waals surface area contributed by atoms with Crippen LogP contribution in [-0.4, -0.2) is 52.4 Å². The zero-order chi connectivity index (χ0) is 33.5. The number of carbonyl (C=O) groups is 2. The summed E-state index contributed by atoms with van der Waals surface area (Å²) in [6.45, 7) is 8.34. The van der Waals surface area contributed by atoms with Gasteiger partial charge in [-0.05, 0) is 62.9 Å². The SMILES string of the molecule is CCC(Nc1cc(F)c(C(=O)NCC(=O)O)c(F)c1)C(F)(F)F.CCc1c(C)ccc(-c2nc(C)c(C)n(C)c2=O)c1OC. The first-order chi connectivity index (χ1) is 20.5. The van der Waals surface area contributed by atoms with E-state index in [0.717, 1.165) is 34.7 Å². The van der Waals surface area contributed by atoms with Crippen molar-refractivity contribution >= 4 is 17.6 Å². The molecule has 0 aliphatic rings. The van der Waals surface area contributed by atoms with Crippen molar-refractivity contribution in [1.29, 1.82) is 0 Å². The number of anilines is 1. The van der Waals surface area contributed by atoms with E-state index in [0.29, 0.717) is 17.8 Å². The second-order valence-electron chi connectivity index (χ2n) is 9.83. The molecule has 0 saturated heterocycles. The van der Waals surface area contributed by atoms with Gasteiger partial charge in [0.05, 0.1) is 12.8 Å². The van der Waals surface area contributed by atoms with Gasteiger partial charge in [-0.3, -0.25) is 14.4 Å². The van der Waals surface area contributed by atoms with E-state index in [9.17, 15) is 36.3 Å². The van der Waals surface area contributed by atoms with Crippen LogP contribution in [0.2, 0.25) is 0 Å². The predicted molar refractivity (Wildman–Crippen MR) is 155 cm³/mol. The standard InChI is InChI=1S/C17H22N2O2.C13H13F5N2O3/c1-7-13-10(2)8-9-14(16(13)21-6)15-17(20)19(5)12(4)11(3)18-15;1-2-9(13(16,17)18)20-6-3-7(14)11(8(15)4-6)12(23)19-5-10(21)22/h8-9H,7H2,1-6H3;3-4,9,20H,2,5H2,1H3,(H,19,23)(H,21,22). The van der Waals surface area contributed by atoms with Crippen molar-refractivity contribution in [2.24, 2.45) is 7.05 Å². The molecule has 1 heterocycles. The number of nitrogens with one attached hydrogen (secondary N) is 2. The summed E-state index contributed by atoms with van der Waals surface area (Å²) in [6, 6.07) is 3.01. The van der Waals surface area contributed by atoms with E-state index in [1.54, 1.807) is 24.0 Å². The van der Waals surface area contributed by atoms with Gasteiger partial charge in [0.15, 0.2) is 0 Å². The van der Waals surface area contributed by atoms with Crippen LogP contribution in [0.3, 0.4) is 0 Å². The average molecular weight is 627 g/mol. The molecule has 0 spiro atoms. The Morgan fingerprint density at radius 2 is 1.68 bits per heavy atom. The molecule has 0 aliphatic carbocycles. The number of halogens is 5. The third kappa shape index (κ3) is 8.32. The molecule has 3 N–H and O–H groups in total. The van der Waals surface area contributed by atoms with E-state index in [4.69, 9.17) is 9.84 Å². The van der Waals surface area contributed by atoms with Gasteiger partial charge in [0.1, 0.15) is 41.2 Å². The number of carbonyl (C=O) groups excluding carboxylic acids is 1. The normalized spacial score (nSPS) is 11.7. The van der Waals surface area contributed by atoms with Gasteiger partial charge in [-0.2, -0.15) is 13.2 Å². The average Bonchev–Trinajstić information content (AvgIpc) is 2.94. The summed E-state index contributed by atoms with van der Waals surface area (Å²) in [5, 5.41) is 12.1. The molecule has 0 fully saturated rings. The Bertz CT molecular complexity index is 1560. The quantitative estimate of drug-likeness (QED) is 0.269. The molecule has 240 valence electrons.